The van der Waals surface area contributed by atoms with E-state index in [4.69, 9.17) is 12.2 Å². The Labute approximate surface area is 141 Å². The van der Waals surface area contributed by atoms with Crippen LogP contribution in [-0.2, 0) is 11.8 Å². The van der Waals surface area contributed by atoms with Crippen LogP contribution in [0.4, 0.5) is 0 Å². The zero-order valence-corrected chi connectivity index (χ0v) is 14.4. The Morgan fingerprint density at radius 3 is 2.65 bits per heavy atom. The molecule has 1 aliphatic heterocycles. The average molecular weight is 332 g/mol. The van der Waals surface area contributed by atoms with Crippen molar-refractivity contribution in [2.24, 2.45) is 36.6 Å². The smallest absolute Gasteiger partial charge is 0.226 e. The lowest BCUT2D eigenvalue weighted by Crippen LogP contribution is -2.41. The molecular weight excluding hydrogens is 308 g/mol. The van der Waals surface area contributed by atoms with Gasteiger partial charge in [0.15, 0.2) is 4.77 Å². The fourth-order valence-electron chi connectivity index (χ4n) is 5.98. The van der Waals surface area contributed by atoms with E-state index in [0.717, 1.165) is 55.4 Å². The van der Waals surface area contributed by atoms with Crippen LogP contribution >= 0.6 is 12.2 Å². The second-order valence-corrected chi connectivity index (χ2v) is 8.47. The number of carbonyl (C=O) groups is 1. The van der Waals surface area contributed by atoms with E-state index < -0.39 is 0 Å². The summed E-state index contributed by atoms with van der Waals surface area (Å²) in [7, 11) is 1.96. The van der Waals surface area contributed by atoms with E-state index in [1.54, 1.807) is 0 Å². The summed E-state index contributed by atoms with van der Waals surface area (Å²) < 4.78 is 2.62. The summed E-state index contributed by atoms with van der Waals surface area (Å²) >= 11 is 5.23. The number of carbonyl (C=O) groups excluding carboxylic acids is 1. The lowest BCUT2D eigenvalue weighted by Gasteiger charge is -2.33. The minimum atomic E-state index is 0.320. The Bertz CT molecular complexity index is 694. The maximum Gasteiger partial charge on any atom is 0.226 e. The maximum atomic E-state index is 13.0. The van der Waals surface area contributed by atoms with Crippen molar-refractivity contribution in [2.45, 2.75) is 38.0 Å². The molecule has 3 aliphatic carbocycles. The number of nitrogens with one attached hydrogen (secondary N) is 1. The molecule has 4 aliphatic rings. The fourth-order valence-corrected chi connectivity index (χ4v) is 6.12. The van der Waals surface area contributed by atoms with Gasteiger partial charge in [0.05, 0.1) is 0 Å². The number of likely N-dealkylation sites (tertiary alicyclic amines) is 1. The molecule has 0 spiro atoms. The minimum Gasteiger partial charge on any atom is -0.342 e. The zero-order chi connectivity index (χ0) is 15.7. The zero-order valence-electron chi connectivity index (χ0n) is 13.6. The number of aromatic amines is 1. The molecule has 5 unspecified atom stereocenters. The number of H-pyrrole nitrogens is 1. The fraction of sp³-hybridized carbons (Fsp3) is 0.824. The number of hydrogen-bond acceptors (Lipinski definition) is 3. The maximum absolute atomic E-state index is 13.0. The highest BCUT2D eigenvalue weighted by Gasteiger charge is 2.68. The van der Waals surface area contributed by atoms with Crippen molar-refractivity contribution < 1.29 is 4.79 Å². The number of rotatable bonds is 2. The lowest BCUT2D eigenvalue weighted by molar-refractivity contribution is -0.135. The first-order valence-corrected chi connectivity index (χ1v) is 9.46. The van der Waals surface area contributed by atoms with Crippen LogP contribution in [0, 0.1) is 34.4 Å². The van der Waals surface area contributed by atoms with Crippen LogP contribution in [0.15, 0.2) is 0 Å². The molecule has 1 saturated heterocycles. The molecule has 6 heteroatoms. The highest BCUT2D eigenvalue weighted by Crippen LogP contribution is 2.69. The van der Waals surface area contributed by atoms with E-state index in [1.807, 2.05) is 11.6 Å². The Morgan fingerprint density at radius 1 is 1.26 bits per heavy atom. The van der Waals surface area contributed by atoms with Gasteiger partial charge in [-0.1, -0.05) is 0 Å². The van der Waals surface area contributed by atoms with E-state index in [0.29, 0.717) is 22.5 Å². The SMILES string of the molecule is Cn1c(C2CCCN(C(=O)C3C4C5CCC(C5)C34)C2)n[nH]c1=S. The number of aromatic nitrogens is 3. The van der Waals surface area contributed by atoms with Crippen molar-refractivity contribution in [3.63, 3.8) is 0 Å². The number of hydrogen-bond donors (Lipinski definition) is 1. The van der Waals surface area contributed by atoms with Crippen LogP contribution in [0.2, 0.25) is 0 Å². The van der Waals surface area contributed by atoms with E-state index in [2.05, 4.69) is 15.1 Å². The summed E-state index contributed by atoms with van der Waals surface area (Å²) in [6.45, 7) is 1.74. The molecule has 3 saturated carbocycles. The van der Waals surface area contributed by atoms with Crippen molar-refractivity contribution in [2.75, 3.05) is 13.1 Å². The molecule has 5 atom stereocenters. The monoisotopic (exact) mass is 332 g/mol. The molecule has 4 fully saturated rings. The number of amides is 1. The molecule has 2 bridgehead atoms. The molecule has 1 aromatic rings. The van der Waals surface area contributed by atoms with Crippen LogP contribution in [0.1, 0.15) is 43.8 Å². The average Bonchev–Trinajstić information content (AvgIpc) is 2.83. The first-order valence-electron chi connectivity index (χ1n) is 9.05. The van der Waals surface area contributed by atoms with E-state index >= 15 is 0 Å². The minimum absolute atomic E-state index is 0.320. The molecule has 124 valence electrons. The standard InChI is InChI=1S/C17H24N4OS/c1-20-15(18-19-17(20)23)11-3-2-6-21(8-11)16(22)14-12-9-4-5-10(7-9)13(12)14/h9-14H,2-8H2,1H3,(H,19,23). The van der Waals surface area contributed by atoms with Crippen LogP contribution < -0.4 is 0 Å². The second kappa shape index (κ2) is 4.91. The van der Waals surface area contributed by atoms with E-state index in [-0.39, 0.29) is 0 Å². The summed E-state index contributed by atoms with van der Waals surface area (Å²) in [5.74, 6) is 5.34. The topological polar surface area (TPSA) is 53.9 Å². The normalized spacial score (nSPS) is 41.2. The van der Waals surface area contributed by atoms with Crippen molar-refractivity contribution >= 4 is 18.1 Å². The summed E-state index contributed by atoms with van der Waals surface area (Å²) in [4.78, 5) is 15.2. The van der Waals surface area contributed by atoms with Crippen LogP contribution in [-0.4, -0.2) is 38.7 Å². The van der Waals surface area contributed by atoms with Crippen molar-refractivity contribution in [3.05, 3.63) is 10.6 Å². The molecular formula is C17H24N4OS. The lowest BCUT2D eigenvalue weighted by atomic mass is 9.95. The Hall–Kier alpha value is -1.17. The first-order chi connectivity index (χ1) is 11.1. The summed E-state index contributed by atoms with van der Waals surface area (Å²) in [5, 5.41) is 7.27. The van der Waals surface area contributed by atoms with Gasteiger partial charge in [-0.25, -0.2) is 0 Å². The number of fused-ring (bicyclic) bond motifs is 5. The Morgan fingerprint density at radius 2 is 2.00 bits per heavy atom. The number of piperidine rings is 1. The summed E-state index contributed by atoms with van der Waals surface area (Å²) in [6, 6.07) is 0. The van der Waals surface area contributed by atoms with E-state index in [1.165, 1.54) is 19.3 Å². The van der Waals surface area contributed by atoms with Crippen LogP contribution in [0.25, 0.3) is 0 Å². The molecule has 5 nitrogen and oxygen atoms in total. The van der Waals surface area contributed by atoms with Gasteiger partial charge < -0.3 is 9.47 Å². The van der Waals surface area contributed by atoms with Crippen molar-refractivity contribution in [1.29, 1.82) is 0 Å². The third-order valence-corrected chi connectivity index (χ3v) is 7.40. The van der Waals surface area contributed by atoms with Crippen LogP contribution in [0.3, 0.4) is 0 Å². The molecule has 1 amide bonds. The Balaban J connectivity index is 1.31. The first kappa shape index (κ1) is 14.2. The van der Waals surface area contributed by atoms with Gasteiger partial charge in [0, 0.05) is 32.0 Å². The molecule has 5 rings (SSSR count). The molecule has 2 heterocycles. The van der Waals surface area contributed by atoms with Gasteiger partial charge in [-0.15, -0.1) is 0 Å². The molecule has 1 aromatic heterocycles. The second-order valence-electron chi connectivity index (χ2n) is 8.08. The van der Waals surface area contributed by atoms with Gasteiger partial charge in [0.25, 0.3) is 0 Å². The van der Waals surface area contributed by atoms with Gasteiger partial charge in [-0.3, -0.25) is 9.89 Å². The molecule has 1 N–H and O–H groups in total. The van der Waals surface area contributed by atoms with Gasteiger partial charge >= 0.3 is 0 Å². The van der Waals surface area contributed by atoms with Crippen molar-refractivity contribution in [1.82, 2.24) is 19.7 Å². The van der Waals surface area contributed by atoms with Gasteiger partial charge in [0.2, 0.25) is 5.91 Å². The summed E-state index contributed by atoms with van der Waals surface area (Å²) in [5.41, 5.74) is 0. The predicted octanol–water partition coefficient (Wildman–Crippen LogP) is 2.48. The molecule has 0 aromatic carbocycles. The highest BCUT2D eigenvalue weighted by atomic mass is 32.1. The van der Waals surface area contributed by atoms with Gasteiger partial charge in [-0.2, -0.15) is 5.10 Å². The van der Waals surface area contributed by atoms with Crippen molar-refractivity contribution in [3.8, 4) is 0 Å². The molecule has 23 heavy (non-hydrogen) atoms. The van der Waals surface area contributed by atoms with E-state index in [9.17, 15) is 4.79 Å². The number of nitrogens with zero attached hydrogens (tertiary/aromatic N) is 3. The highest BCUT2D eigenvalue weighted by molar-refractivity contribution is 7.71. The third-order valence-electron chi connectivity index (χ3n) is 7.03. The quantitative estimate of drug-likeness (QED) is 0.847. The van der Waals surface area contributed by atoms with Gasteiger partial charge in [-0.05, 0) is 68.0 Å². The predicted molar refractivity (Wildman–Crippen MR) is 88.2 cm³/mol. The Kier molecular flexibility index (Phi) is 3.03. The largest absolute Gasteiger partial charge is 0.342 e. The van der Waals surface area contributed by atoms with Crippen LogP contribution in [0.5, 0.6) is 0 Å². The third kappa shape index (κ3) is 2.00. The molecule has 0 radical (unpaired) electrons. The van der Waals surface area contributed by atoms with Gasteiger partial charge in [0.1, 0.15) is 5.82 Å². The summed E-state index contributed by atoms with van der Waals surface area (Å²) in [6.07, 6.45) is 6.34.